The third kappa shape index (κ3) is 9.35. The molecule has 2 N–H and O–H groups in total. The number of ether oxygens (including phenoxy) is 3. The van der Waals surface area contributed by atoms with E-state index >= 15 is 0 Å². The van der Waals surface area contributed by atoms with E-state index in [1.54, 1.807) is 7.11 Å². The van der Waals surface area contributed by atoms with Gasteiger partial charge in [0.25, 0.3) is 0 Å². The molecule has 0 radical (unpaired) electrons. The summed E-state index contributed by atoms with van der Waals surface area (Å²) in [6, 6.07) is 0. The molecule has 0 spiro atoms. The molecule has 0 aromatic heterocycles. The Morgan fingerprint density at radius 1 is 1.00 bits per heavy atom. The zero-order valence-corrected chi connectivity index (χ0v) is 12.7. The zero-order chi connectivity index (χ0) is 14.4. The number of methoxy groups -OCH3 is 1. The lowest BCUT2D eigenvalue weighted by molar-refractivity contribution is 0.0354. The molecule has 0 saturated heterocycles. The second-order valence-electron chi connectivity index (χ2n) is 4.72. The van der Waals surface area contributed by atoms with Gasteiger partial charge in [-0.15, -0.1) is 0 Å². The van der Waals surface area contributed by atoms with Gasteiger partial charge in [-0.3, -0.25) is 0 Å². The first kappa shape index (κ1) is 18.8. The van der Waals surface area contributed by atoms with Crippen LogP contribution in [0, 0.1) is 0 Å². The lowest BCUT2D eigenvalue weighted by Gasteiger charge is -2.30. The van der Waals surface area contributed by atoms with Crippen LogP contribution in [0.4, 0.5) is 0 Å². The molecular formula is C14H31NO4. The molecule has 0 bridgehead atoms. The van der Waals surface area contributed by atoms with Gasteiger partial charge < -0.3 is 24.6 Å². The Balaban J connectivity index is 3.35. The van der Waals surface area contributed by atoms with Crippen LogP contribution in [0.25, 0.3) is 0 Å². The van der Waals surface area contributed by atoms with E-state index in [-0.39, 0.29) is 12.1 Å². The van der Waals surface area contributed by atoms with E-state index in [2.05, 4.69) is 12.2 Å². The maximum absolute atomic E-state index is 9.39. The van der Waals surface area contributed by atoms with Crippen molar-refractivity contribution in [1.82, 2.24) is 5.32 Å². The van der Waals surface area contributed by atoms with Crippen LogP contribution in [0.5, 0.6) is 0 Å². The largest absolute Gasteiger partial charge is 0.394 e. The van der Waals surface area contributed by atoms with Gasteiger partial charge in [-0.1, -0.05) is 6.92 Å². The van der Waals surface area contributed by atoms with Crippen LogP contribution in [0.15, 0.2) is 0 Å². The molecule has 0 aromatic rings. The molecule has 1 atom stereocenters. The molecule has 1 unspecified atom stereocenters. The molecule has 0 amide bonds. The second kappa shape index (κ2) is 12.8. The van der Waals surface area contributed by atoms with Crippen molar-refractivity contribution < 1.29 is 19.3 Å². The average molecular weight is 277 g/mol. The molecular weight excluding hydrogens is 246 g/mol. The van der Waals surface area contributed by atoms with Crippen molar-refractivity contribution in [2.24, 2.45) is 0 Å². The molecule has 116 valence electrons. The van der Waals surface area contributed by atoms with Gasteiger partial charge in [-0.05, 0) is 32.7 Å². The first-order chi connectivity index (χ1) is 9.24. The van der Waals surface area contributed by atoms with Crippen molar-refractivity contribution in [2.75, 3.05) is 53.8 Å². The highest BCUT2D eigenvalue weighted by atomic mass is 16.5. The standard InChI is InChI=1S/C14H31NO4/c1-4-14(13-16,15-2)7-5-9-18-11-12-19-10-6-8-17-3/h15-16H,4-13H2,1-3H3. The molecule has 5 heteroatoms. The van der Waals surface area contributed by atoms with E-state index < -0.39 is 0 Å². The lowest BCUT2D eigenvalue weighted by atomic mass is 9.92. The van der Waals surface area contributed by atoms with Crippen LogP contribution < -0.4 is 5.32 Å². The Hall–Kier alpha value is -0.200. The Labute approximate surface area is 117 Å². The van der Waals surface area contributed by atoms with E-state index in [1.807, 2.05) is 7.05 Å². The van der Waals surface area contributed by atoms with Crippen LogP contribution in [0.2, 0.25) is 0 Å². The van der Waals surface area contributed by atoms with Crippen molar-refractivity contribution in [3.63, 3.8) is 0 Å². The van der Waals surface area contributed by atoms with Gasteiger partial charge in [0.15, 0.2) is 0 Å². The lowest BCUT2D eigenvalue weighted by Crippen LogP contribution is -2.46. The summed E-state index contributed by atoms with van der Waals surface area (Å²) in [5, 5.41) is 12.6. The molecule has 0 heterocycles. The van der Waals surface area contributed by atoms with E-state index in [9.17, 15) is 5.11 Å². The molecule has 0 aliphatic rings. The Morgan fingerprint density at radius 2 is 1.63 bits per heavy atom. The molecule has 19 heavy (non-hydrogen) atoms. The molecule has 0 fully saturated rings. The number of likely N-dealkylation sites (N-methyl/N-ethyl adjacent to an activating group) is 1. The minimum atomic E-state index is -0.153. The van der Waals surface area contributed by atoms with Gasteiger partial charge in [-0.25, -0.2) is 0 Å². The highest BCUT2D eigenvalue weighted by Gasteiger charge is 2.23. The quantitative estimate of drug-likeness (QED) is 0.467. The molecule has 0 rings (SSSR count). The summed E-state index contributed by atoms with van der Waals surface area (Å²) in [5.41, 5.74) is -0.153. The van der Waals surface area contributed by atoms with Crippen LogP contribution in [-0.2, 0) is 14.2 Å². The summed E-state index contributed by atoms with van der Waals surface area (Å²) < 4.78 is 15.8. The smallest absolute Gasteiger partial charge is 0.0700 e. The number of nitrogens with one attached hydrogen (secondary N) is 1. The van der Waals surface area contributed by atoms with Gasteiger partial charge in [-0.2, -0.15) is 0 Å². The van der Waals surface area contributed by atoms with Gasteiger partial charge in [0.05, 0.1) is 19.8 Å². The topological polar surface area (TPSA) is 60.0 Å². The van der Waals surface area contributed by atoms with Crippen molar-refractivity contribution in [3.05, 3.63) is 0 Å². The molecule has 0 saturated carbocycles. The van der Waals surface area contributed by atoms with Crippen LogP contribution in [0.3, 0.4) is 0 Å². The van der Waals surface area contributed by atoms with E-state index in [0.717, 1.165) is 38.9 Å². The maximum Gasteiger partial charge on any atom is 0.0700 e. The van der Waals surface area contributed by atoms with Crippen molar-refractivity contribution in [1.29, 1.82) is 0 Å². The summed E-state index contributed by atoms with van der Waals surface area (Å²) in [6.45, 7) is 5.69. The van der Waals surface area contributed by atoms with Gasteiger partial charge in [0.2, 0.25) is 0 Å². The highest BCUT2D eigenvalue weighted by Crippen LogP contribution is 2.16. The predicted octanol–water partition coefficient (Wildman–Crippen LogP) is 1.20. The minimum Gasteiger partial charge on any atom is -0.394 e. The minimum absolute atomic E-state index is 0.153. The fourth-order valence-corrected chi connectivity index (χ4v) is 1.89. The van der Waals surface area contributed by atoms with Crippen molar-refractivity contribution in [3.8, 4) is 0 Å². The first-order valence-electron chi connectivity index (χ1n) is 7.19. The highest BCUT2D eigenvalue weighted by molar-refractivity contribution is 4.84. The monoisotopic (exact) mass is 277 g/mol. The van der Waals surface area contributed by atoms with Gasteiger partial charge >= 0.3 is 0 Å². The summed E-state index contributed by atoms with van der Waals surface area (Å²) in [5.74, 6) is 0. The van der Waals surface area contributed by atoms with Gasteiger partial charge in [0.1, 0.15) is 0 Å². The van der Waals surface area contributed by atoms with Crippen molar-refractivity contribution in [2.45, 2.75) is 38.1 Å². The Kier molecular flexibility index (Phi) is 12.7. The second-order valence-corrected chi connectivity index (χ2v) is 4.72. The van der Waals surface area contributed by atoms with Crippen molar-refractivity contribution >= 4 is 0 Å². The number of hydrogen-bond donors (Lipinski definition) is 2. The normalized spacial score (nSPS) is 14.5. The van der Waals surface area contributed by atoms with E-state index in [1.165, 1.54) is 0 Å². The van der Waals surface area contributed by atoms with Crippen LogP contribution >= 0.6 is 0 Å². The summed E-state index contributed by atoms with van der Waals surface area (Å²) in [7, 11) is 3.59. The Morgan fingerprint density at radius 3 is 2.11 bits per heavy atom. The third-order valence-electron chi connectivity index (χ3n) is 3.46. The van der Waals surface area contributed by atoms with Crippen LogP contribution in [-0.4, -0.2) is 64.4 Å². The molecule has 0 aliphatic carbocycles. The number of hydrogen-bond acceptors (Lipinski definition) is 5. The van der Waals surface area contributed by atoms with E-state index in [4.69, 9.17) is 14.2 Å². The Bertz CT molecular complexity index is 178. The third-order valence-corrected chi connectivity index (χ3v) is 3.46. The molecule has 0 aromatic carbocycles. The molecule has 0 aliphatic heterocycles. The van der Waals surface area contributed by atoms with Gasteiger partial charge in [0, 0.05) is 32.5 Å². The maximum atomic E-state index is 9.39. The van der Waals surface area contributed by atoms with Crippen LogP contribution in [0.1, 0.15) is 32.6 Å². The number of aliphatic hydroxyl groups is 1. The number of aliphatic hydroxyl groups excluding tert-OH is 1. The van der Waals surface area contributed by atoms with E-state index in [0.29, 0.717) is 19.8 Å². The number of rotatable bonds is 14. The predicted molar refractivity (Wildman–Crippen MR) is 76.5 cm³/mol. The summed E-state index contributed by atoms with van der Waals surface area (Å²) >= 11 is 0. The molecule has 5 nitrogen and oxygen atoms in total. The summed E-state index contributed by atoms with van der Waals surface area (Å²) in [6.07, 6.45) is 3.71. The SMILES string of the molecule is CCC(CO)(CCCOCCOCCCOC)NC. The fourth-order valence-electron chi connectivity index (χ4n) is 1.89. The first-order valence-corrected chi connectivity index (χ1v) is 7.19. The fraction of sp³-hybridized carbons (Fsp3) is 1.00. The zero-order valence-electron chi connectivity index (χ0n) is 12.7. The summed E-state index contributed by atoms with van der Waals surface area (Å²) in [4.78, 5) is 0. The average Bonchev–Trinajstić information content (AvgIpc) is 2.46.